The highest BCUT2D eigenvalue weighted by Gasteiger charge is 2.14. The Balaban J connectivity index is 1.74. The maximum atomic E-state index is 12.2. The van der Waals surface area contributed by atoms with Crippen molar-refractivity contribution in [3.8, 4) is 5.75 Å². The molecule has 7 nitrogen and oxygen atoms in total. The third-order valence-electron chi connectivity index (χ3n) is 4.25. The molecule has 0 atom stereocenters. The van der Waals surface area contributed by atoms with Gasteiger partial charge in [-0.3, -0.25) is 14.4 Å². The van der Waals surface area contributed by atoms with Gasteiger partial charge in [0.1, 0.15) is 12.3 Å². The number of anilines is 1. The molecular weight excluding hydrogens is 384 g/mol. The average Bonchev–Trinajstić information content (AvgIpc) is 2.76. The molecule has 0 aliphatic heterocycles. The van der Waals surface area contributed by atoms with Crippen molar-refractivity contribution in [3.63, 3.8) is 0 Å². The number of nitrogens with one attached hydrogen (secondary N) is 2. The summed E-state index contributed by atoms with van der Waals surface area (Å²) in [7, 11) is 0. The van der Waals surface area contributed by atoms with Crippen molar-refractivity contribution in [2.24, 2.45) is 0 Å². The Morgan fingerprint density at radius 1 is 0.967 bits per heavy atom. The largest absolute Gasteiger partial charge is 0.493 e. The molecule has 0 aliphatic rings. The van der Waals surface area contributed by atoms with Crippen LogP contribution in [-0.2, 0) is 20.7 Å². The zero-order chi connectivity index (χ0) is 21.8. The van der Waals surface area contributed by atoms with Crippen molar-refractivity contribution in [1.82, 2.24) is 5.32 Å². The molecule has 0 aliphatic carbocycles. The van der Waals surface area contributed by atoms with Crippen LogP contribution in [0.4, 0.5) is 5.69 Å². The molecule has 7 heteroatoms. The number of carbonyl (C=O) groups excluding carboxylic acids is 3. The van der Waals surface area contributed by atoms with Gasteiger partial charge in [-0.25, -0.2) is 0 Å². The van der Waals surface area contributed by atoms with Gasteiger partial charge < -0.3 is 20.1 Å². The molecule has 0 bridgehead atoms. The van der Waals surface area contributed by atoms with E-state index in [1.165, 1.54) is 5.56 Å². The van der Waals surface area contributed by atoms with Gasteiger partial charge in [-0.15, -0.1) is 0 Å². The summed E-state index contributed by atoms with van der Waals surface area (Å²) >= 11 is 0. The van der Waals surface area contributed by atoms with Crippen LogP contribution in [0.1, 0.15) is 42.6 Å². The normalized spacial score (nSPS) is 10.2. The van der Waals surface area contributed by atoms with E-state index in [-0.39, 0.29) is 6.54 Å². The summed E-state index contributed by atoms with van der Waals surface area (Å²) in [6.07, 6.45) is 3.25. The molecule has 0 heterocycles. The van der Waals surface area contributed by atoms with E-state index in [1.807, 2.05) is 31.2 Å². The highest BCUT2D eigenvalue weighted by atomic mass is 16.5. The Hall–Kier alpha value is -3.35. The minimum Gasteiger partial charge on any atom is -0.493 e. The van der Waals surface area contributed by atoms with E-state index in [2.05, 4.69) is 17.6 Å². The number of esters is 1. The van der Waals surface area contributed by atoms with Gasteiger partial charge in [0.15, 0.2) is 6.61 Å². The summed E-state index contributed by atoms with van der Waals surface area (Å²) < 4.78 is 10.3. The zero-order valence-corrected chi connectivity index (χ0v) is 17.4. The summed E-state index contributed by atoms with van der Waals surface area (Å²) in [6, 6.07) is 14.3. The van der Waals surface area contributed by atoms with Crippen LogP contribution in [-0.4, -0.2) is 37.5 Å². The van der Waals surface area contributed by atoms with Crippen molar-refractivity contribution in [2.45, 2.75) is 33.1 Å². The van der Waals surface area contributed by atoms with Crippen LogP contribution >= 0.6 is 0 Å². The highest BCUT2D eigenvalue weighted by molar-refractivity contribution is 5.98. The number of carbonyl (C=O) groups is 3. The monoisotopic (exact) mass is 412 g/mol. The lowest BCUT2D eigenvalue weighted by Gasteiger charge is -2.10. The zero-order valence-electron chi connectivity index (χ0n) is 17.4. The van der Waals surface area contributed by atoms with E-state index in [0.717, 1.165) is 19.3 Å². The minimum atomic E-state index is -0.706. The number of para-hydroxylation sites is 1. The molecule has 0 saturated carbocycles. The first-order chi connectivity index (χ1) is 14.5. The lowest BCUT2D eigenvalue weighted by atomic mass is 10.1. The molecule has 30 heavy (non-hydrogen) atoms. The van der Waals surface area contributed by atoms with Gasteiger partial charge in [-0.1, -0.05) is 37.6 Å². The Morgan fingerprint density at radius 3 is 2.40 bits per heavy atom. The SMILES string of the molecule is CCCCc1ccc(NC(=O)COC(=O)CNC(=O)c2ccccc2OCC)cc1. The predicted molar refractivity (Wildman–Crippen MR) is 115 cm³/mol. The van der Waals surface area contributed by atoms with Gasteiger partial charge in [0.2, 0.25) is 0 Å². The number of amides is 2. The van der Waals surface area contributed by atoms with Gasteiger partial charge in [-0.05, 0) is 49.6 Å². The fraction of sp³-hybridized carbons (Fsp3) is 0.348. The van der Waals surface area contributed by atoms with E-state index in [9.17, 15) is 14.4 Å². The Bertz CT molecular complexity index is 849. The van der Waals surface area contributed by atoms with Crippen molar-refractivity contribution in [1.29, 1.82) is 0 Å². The Labute approximate surface area is 176 Å². The number of unbranched alkanes of at least 4 members (excludes halogenated alkanes) is 1. The standard InChI is InChI=1S/C23H28N2O5/c1-3-5-8-17-11-13-18(14-12-17)25-21(26)16-30-22(27)15-24-23(28)19-9-6-7-10-20(19)29-4-2/h6-7,9-14H,3-5,8,15-16H2,1-2H3,(H,24,28)(H,25,26). The summed E-state index contributed by atoms with van der Waals surface area (Å²) in [4.78, 5) is 36.0. The second-order valence-electron chi connectivity index (χ2n) is 6.62. The number of benzene rings is 2. The number of ether oxygens (including phenoxy) is 2. The molecule has 2 rings (SSSR count). The van der Waals surface area contributed by atoms with Gasteiger partial charge in [0, 0.05) is 5.69 Å². The third kappa shape index (κ3) is 7.58. The van der Waals surface area contributed by atoms with E-state index < -0.39 is 24.4 Å². The number of rotatable bonds is 11. The molecule has 2 N–H and O–H groups in total. The van der Waals surface area contributed by atoms with Crippen molar-refractivity contribution in [2.75, 3.05) is 25.1 Å². The molecular formula is C23H28N2O5. The van der Waals surface area contributed by atoms with Gasteiger partial charge in [0.05, 0.1) is 12.2 Å². The van der Waals surface area contributed by atoms with Crippen LogP contribution in [0.3, 0.4) is 0 Å². The third-order valence-corrected chi connectivity index (χ3v) is 4.25. The van der Waals surface area contributed by atoms with Crippen LogP contribution in [0.5, 0.6) is 5.75 Å². The number of hydrogen-bond acceptors (Lipinski definition) is 5. The van der Waals surface area contributed by atoms with Crippen molar-refractivity contribution in [3.05, 3.63) is 59.7 Å². The number of hydrogen-bond donors (Lipinski definition) is 2. The fourth-order valence-electron chi connectivity index (χ4n) is 2.71. The fourth-order valence-corrected chi connectivity index (χ4v) is 2.71. The molecule has 0 radical (unpaired) electrons. The minimum absolute atomic E-state index is 0.326. The van der Waals surface area contributed by atoms with Crippen LogP contribution in [0, 0.1) is 0 Å². The molecule has 0 spiro atoms. The van der Waals surface area contributed by atoms with Gasteiger partial charge >= 0.3 is 5.97 Å². The first kappa shape index (κ1) is 22.9. The molecule has 0 aromatic heterocycles. The Kier molecular flexibility index (Phi) is 9.37. The molecule has 0 fully saturated rings. The first-order valence-corrected chi connectivity index (χ1v) is 10.1. The predicted octanol–water partition coefficient (Wildman–Crippen LogP) is 3.34. The molecule has 0 unspecified atom stereocenters. The van der Waals surface area contributed by atoms with Crippen molar-refractivity contribution >= 4 is 23.5 Å². The number of aryl methyl sites for hydroxylation is 1. The summed E-state index contributed by atoms with van der Waals surface area (Å²) in [5.74, 6) is -1.17. The van der Waals surface area contributed by atoms with E-state index in [0.29, 0.717) is 23.6 Å². The van der Waals surface area contributed by atoms with Gasteiger partial charge in [-0.2, -0.15) is 0 Å². The summed E-state index contributed by atoms with van der Waals surface area (Å²) in [6.45, 7) is 3.60. The molecule has 0 saturated heterocycles. The summed E-state index contributed by atoms with van der Waals surface area (Å²) in [5.41, 5.74) is 2.17. The maximum Gasteiger partial charge on any atom is 0.325 e. The molecule has 2 aromatic rings. The van der Waals surface area contributed by atoms with Crippen LogP contribution in [0.25, 0.3) is 0 Å². The molecule has 2 amide bonds. The quantitative estimate of drug-likeness (QED) is 0.552. The first-order valence-electron chi connectivity index (χ1n) is 10.1. The van der Waals surface area contributed by atoms with Gasteiger partial charge in [0.25, 0.3) is 11.8 Å². The van der Waals surface area contributed by atoms with Crippen LogP contribution in [0.15, 0.2) is 48.5 Å². The van der Waals surface area contributed by atoms with Crippen LogP contribution < -0.4 is 15.4 Å². The van der Waals surface area contributed by atoms with E-state index in [4.69, 9.17) is 9.47 Å². The molecule has 160 valence electrons. The topological polar surface area (TPSA) is 93.7 Å². The second kappa shape index (κ2) is 12.3. The lowest BCUT2D eigenvalue weighted by molar-refractivity contribution is -0.146. The van der Waals surface area contributed by atoms with Crippen molar-refractivity contribution < 1.29 is 23.9 Å². The average molecular weight is 412 g/mol. The summed E-state index contributed by atoms with van der Waals surface area (Å²) in [5, 5.41) is 5.14. The van der Waals surface area contributed by atoms with E-state index in [1.54, 1.807) is 24.3 Å². The van der Waals surface area contributed by atoms with E-state index >= 15 is 0 Å². The highest BCUT2D eigenvalue weighted by Crippen LogP contribution is 2.17. The lowest BCUT2D eigenvalue weighted by Crippen LogP contribution is -2.32. The smallest absolute Gasteiger partial charge is 0.325 e. The second-order valence-corrected chi connectivity index (χ2v) is 6.62. The van der Waals surface area contributed by atoms with Crippen LogP contribution in [0.2, 0.25) is 0 Å². The Morgan fingerprint density at radius 2 is 1.70 bits per heavy atom. The molecule has 2 aromatic carbocycles. The maximum absolute atomic E-state index is 12.2.